The minimum absolute atomic E-state index is 0.106. The number of thiazole rings is 1. The van der Waals surface area contributed by atoms with Crippen molar-refractivity contribution in [3.8, 4) is 0 Å². The van der Waals surface area contributed by atoms with Crippen molar-refractivity contribution in [2.45, 2.75) is 0 Å². The maximum absolute atomic E-state index is 12.1. The maximum Gasteiger partial charge on any atom is 0.392 e. The Bertz CT molecular complexity index is 275. The summed E-state index contributed by atoms with van der Waals surface area (Å²) in [6.07, 6.45) is 0. The number of nitrogens with zero attached hydrogens (tertiary/aromatic N) is 2. The van der Waals surface area contributed by atoms with Crippen LogP contribution in [0, 0.1) is 15.4 Å². The predicted molar refractivity (Wildman–Crippen MR) is 36.4 cm³/mol. The van der Waals surface area contributed by atoms with Crippen molar-refractivity contribution in [1.82, 2.24) is 4.98 Å². The SMILES string of the molecule is O=[N+]([O-])c1nc(F)sc1Br. The molecule has 1 heterocycles. The van der Waals surface area contributed by atoms with Gasteiger partial charge in [0.25, 0.3) is 0 Å². The largest absolute Gasteiger partial charge is 0.392 e. The molecule has 1 rings (SSSR count). The van der Waals surface area contributed by atoms with Crippen LogP contribution in [0.2, 0.25) is 0 Å². The van der Waals surface area contributed by atoms with Gasteiger partial charge in [-0.15, -0.1) is 4.39 Å². The summed E-state index contributed by atoms with van der Waals surface area (Å²) >= 11 is 3.39. The van der Waals surface area contributed by atoms with Gasteiger partial charge in [0.15, 0.2) is 3.79 Å². The normalized spacial score (nSPS) is 9.80. The molecule has 0 saturated carbocycles. The molecule has 0 N–H and O–H groups in total. The van der Waals surface area contributed by atoms with E-state index in [9.17, 15) is 14.5 Å². The highest BCUT2D eigenvalue weighted by molar-refractivity contribution is 9.11. The van der Waals surface area contributed by atoms with Gasteiger partial charge in [-0.05, 0) is 32.2 Å². The van der Waals surface area contributed by atoms with Gasteiger partial charge in [-0.3, -0.25) is 0 Å². The first-order chi connectivity index (χ1) is 4.61. The van der Waals surface area contributed by atoms with Gasteiger partial charge in [-0.2, -0.15) is 0 Å². The number of aromatic nitrogens is 1. The lowest BCUT2D eigenvalue weighted by Gasteiger charge is -1.84. The summed E-state index contributed by atoms with van der Waals surface area (Å²) in [5, 5.41) is 9.18. The highest BCUT2D eigenvalue weighted by atomic mass is 79.9. The smallest absolute Gasteiger partial charge is 0.358 e. The fraction of sp³-hybridized carbons (Fsp3) is 0. The zero-order valence-electron chi connectivity index (χ0n) is 4.38. The van der Waals surface area contributed by atoms with Crippen LogP contribution in [-0.4, -0.2) is 9.91 Å². The average Bonchev–Trinajstić information content (AvgIpc) is 2.10. The van der Waals surface area contributed by atoms with Crippen LogP contribution in [0.3, 0.4) is 0 Å². The van der Waals surface area contributed by atoms with Crippen molar-refractivity contribution in [1.29, 1.82) is 0 Å². The first kappa shape index (κ1) is 7.55. The molecule has 0 aliphatic carbocycles. The second-order valence-electron chi connectivity index (χ2n) is 1.32. The lowest BCUT2D eigenvalue weighted by Crippen LogP contribution is -1.87. The van der Waals surface area contributed by atoms with Crippen molar-refractivity contribution < 1.29 is 9.31 Å². The van der Waals surface area contributed by atoms with Gasteiger partial charge in [0.05, 0.1) is 0 Å². The van der Waals surface area contributed by atoms with E-state index in [0.717, 1.165) is 0 Å². The molecule has 4 nitrogen and oxygen atoms in total. The molecule has 0 spiro atoms. The number of nitro groups is 1. The summed E-state index contributed by atoms with van der Waals surface area (Å²) in [5.74, 6) is -0.470. The number of rotatable bonds is 1. The van der Waals surface area contributed by atoms with E-state index >= 15 is 0 Å². The van der Waals surface area contributed by atoms with Gasteiger partial charge in [-0.1, -0.05) is 0 Å². The second-order valence-corrected chi connectivity index (χ2v) is 3.59. The molecule has 0 aliphatic heterocycles. The third kappa shape index (κ3) is 1.29. The third-order valence-corrected chi connectivity index (χ3v) is 2.18. The predicted octanol–water partition coefficient (Wildman–Crippen LogP) is 1.95. The molecule has 7 heteroatoms. The Morgan fingerprint density at radius 2 is 2.40 bits per heavy atom. The third-order valence-electron chi connectivity index (χ3n) is 0.716. The van der Waals surface area contributed by atoms with Crippen LogP contribution in [0.15, 0.2) is 3.79 Å². The van der Waals surface area contributed by atoms with Crippen LogP contribution in [0.25, 0.3) is 0 Å². The van der Waals surface area contributed by atoms with Gasteiger partial charge in [0.2, 0.25) is 0 Å². The Labute approximate surface area is 67.0 Å². The van der Waals surface area contributed by atoms with Gasteiger partial charge < -0.3 is 10.1 Å². The Morgan fingerprint density at radius 1 is 1.80 bits per heavy atom. The highest BCUT2D eigenvalue weighted by Crippen LogP contribution is 2.29. The van der Waals surface area contributed by atoms with E-state index in [2.05, 4.69) is 20.9 Å². The van der Waals surface area contributed by atoms with Crippen LogP contribution < -0.4 is 0 Å². The van der Waals surface area contributed by atoms with E-state index < -0.39 is 16.0 Å². The van der Waals surface area contributed by atoms with Crippen molar-refractivity contribution in [3.63, 3.8) is 0 Å². The van der Waals surface area contributed by atoms with Crippen molar-refractivity contribution in [3.05, 3.63) is 19.2 Å². The topological polar surface area (TPSA) is 56.0 Å². The summed E-state index contributed by atoms with van der Waals surface area (Å²) in [4.78, 5) is 12.3. The molecular formula is C3BrFN2O2S. The number of halogens is 2. The molecular weight excluding hydrogens is 227 g/mol. The summed E-state index contributed by atoms with van der Waals surface area (Å²) in [6.45, 7) is 0. The molecule has 0 aliphatic rings. The van der Waals surface area contributed by atoms with E-state index in [1.807, 2.05) is 0 Å². The molecule has 1 aromatic rings. The zero-order valence-corrected chi connectivity index (χ0v) is 6.78. The van der Waals surface area contributed by atoms with E-state index in [1.165, 1.54) is 0 Å². The summed E-state index contributed by atoms with van der Waals surface area (Å²) in [6, 6.07) is 0. The molecule has 0 saturated heterocycles. The van der Waals surface area contributed by atoms with Crippen LogP contribution in [0.1, 0.15) is 0 Å². The summed E-state index contributed by atoms with van der Waals surface area (Å²) in [7, 11) is 0. The van der Waals surface area contributed by atoms with Crippen LogP contribution in [-0.2, 0) is 0 Å². The maximum atomic E-state index is 12.1. The summed E-state index contributed by atoms with van der Waals surface area (Å²) < 4.78 is 12.2. The van der Waals surface area contributed by atoms with Gasteiger partial charge in [0.1, 0.15) is 0 Å². The first-order valence-corrected chi connectivity index (χ1v) is 3.68. The van der Waals surface area contributed by atoms with Crippen molar-refractivity contribution >= 4 is 33.1 Å². The van der Waals surface area contributed by atoms with E-state index in [-0.39, 0.29) is 3.79 Å². The average molecular weight is 227 g/mol. The molecule has 0 bridgehead atoms. The highest BCUT2D eigenvalue weighted by Gasteiger charge is 2.19. The molecule has 0 atom stereocenters. The molecule has 10 heavy (non-hydrogen) atoms. The Balaban J connectivity index is 3.15. The lowest BCUT2D eigenvalue weighted by atomic mass is 10.8. The van der Waals surface area contributed by atoms with Crippen LogP contribution in [0.4, 0.5) is 10.2 Å². The Morgan fingerprint density at radius 3 is 2.60 bits per heavy atom. The van der Waals surface area contributed by atoms with E-state index in [0.29, 0.717) is 11.3 Å². The zero-order chi connectivity index (χ0) is 7.72. The van der Waals surface area contributed by atoms with Crippen molar-refractivity contribution in [2.24, 2.45) is 0 Å². The van der Waals surface area contributed by atoms with E-state index in [1.54, 1.807) is 0 Å². The Hall–Kier alpha value is -0.560. The number of hydrogen-bond acceptors (Lipinski definition) is 4. The molecule has 54 valence electrons. The minimum Gasteiger partial charge on any atom is -0.358 e. The Kier molecular flexibility index (Phi) is 1.95. The van der Waals surface area contributed by atoms with Gasteiger partial charge in [-0.25, -0.2) is 0 Å². The van der Waals surface area contributed by atoms with Crippen molar-refractivity contribution in [2.75, 3.05) is 0 Å². The number of hydrogen-bond donors (Lipinski definition) is 0. The van der Waals surface area contributed by atoms with E-state index in [4.69, 9.17) is 0 Å². The molecule has 0 amide bonds. The summed E-state index contributed by atoms with van der Waals surface area (Å²) in [5.41, 5.74) is 0. The fourth-order valence-corrected chi connectivity index (χ4v) is 1.51. The van der Waals surface area contributed by atoms with Crippen LogP contribution >= 0.6 is 27.3 Å². The van der Waals surface area contributed by atoms with Gasteiger partial charge >= 0.3 is 11.1 Å². The minimum atomic E-state index is -0.807. The molecule has 0 fully saturated rings. The standard InChI is InChI=1S/C3BrFN2O2S/c4-1-2(7(8)9)6-3(5)10-1. The lowest BCUT2D eigenvalue weighted by molar-refractivity contribution is -0.390. The quantitative estimate of drug-likeness (QED) is 0.544. The molecule has 0 aromatic carbocycles. The molecule has 0 unspecified atom stereocenters. The van der Waals surface area contributed by atoms with Gasteiger partial charge in [0, 0.05) is 4.98 Å². The fourth-order valence-electron chi connectivity index (χ4n) is 0.382. The monoisotopic (exact) mass is 226 g/mol. The molecule has 0 radical (unpaired) electrons. The second kappa shape index (κ2) is 2.59. The van der Waals surface area contributed by atoms with Crippen LogP contribution in [0.5, 0.6) is 0 Å². The first-order valence-electron chi connectivity index (χ1n) is 2.07. The molecule has 1 aromatic heterocycles.